The first-order chi connectivity index (χ1) is 18.1. The fraction of sp³-hybridized carbons (Fsp3) is 0.379. The maximum absolute atomic E-state index is 13.1. The lowest BCUT2D eigenvalue weighted by molar-refractivity contribution is -0.149. The molecule has 0 bridgehead atoms. The Kier molecular flexibility index (Phi) is 7.75. The van der Waals surface area contributed by atoms with Crippen LogP contribution < -0.4 is 9.47 Å². The van der Waals surface area contributed by atoms with E-state index in [1.54, 1.807) is 17.9 Å². The summed E-state index contributed by atoms with van der Waals surface area (Å²) < 4.78 is 22.1. The lowest BCUT2D eigenvalue weighted by Gasteiger charge is -2.30. The highest BCUT2D eigenvalue weighted by Gasteiger charge is 2.30. The molecule has 8 nitrogen and oxygen atoms in total. The highest BCUT2D eigenvalue weighted by molar-refractivity contribution is 5.91. The van der Waals surface area contributed by atoms with E-state index in [0.29, 0.717) is 51.4 Å². The largest absolute Gasteiger partial charge is 0.466 e. The van der Waals surface area contributed by atoms with Crippen molar-refractivity contribution in [3.8, 4) is 11.5 Å². The van der Waals surface area contributed by atoms with Gasteiger partial charge in [-0.1, -0.05) is 36.4 Å². The Balaban J connectivity index is 1.24. The number of furan rings is 1. The molecule has 1 amide bonds. The Labute approximate surface area is 216 Å². The van der Waals surface area contributed by atoms with E-state index in [-0.39, 0.29) is 24.6 Å². The highest BCUT2D eigenvalue weighted by Crippen LogP contribution is 2.33. The molecule has 8 heteroatoms. The average molecular weight is 505 g/mol. The molecule has 0 saturated carbocycles. The predicted octanol–water partition coefficient (Wildman–Crippen LogP) is 4.63. The van der Waals surface area contributed by atoms with Crippen molar-refractivity contribution in [2.24, 2.45) is 5.92 Å². The van der Waals surface area contributed by atoms with Crippen molar-refractivity contribution in [1.82, 2.24) is 9.80 Å². The van der Waals surface area contributed by atoms with Gasteiger partial charge < -0.3 is 23.5 Å². The van der Waals surface area contributed by atoms with Gasteiger partial charge >= 0.3 is 5.97 Å². The number of rotatable bonds is 9. The number of carbonyl (C=O) groups is 2. The van der Waals surface area contributed by atoms with Crippen LogP contribution in [0.1, 0.15) is 47.2 Å². The zero-order valence-electron chi connectivity index (χ0n) is 21.1. The third-order valence-electron chi connectivity index (χ3n) is 6.75. The van der Waals surface area contributed by atoms with E-state index in [2.05, 4.69) is 17.0 Å². The second-order valence-corrected chi connectivity index (χ2v) is 9.40. The van der Waals surface area contributed by atoms with Gasteiger partial charge in [-0.25, -0.2) is 0 Å². The topological polar surface area (TPSA) is 81.5 Å². The molecule has 3 aromatic rings. The van der Waals surface area contributed by atoms with Gasteiger partial charge in [0.25, 0.3) is 5.91 Å². The van der Waals surface area contributed by atoms with Crippen LogP contribution in [-0.4, -0.2) is 48.2 Å². The van der Waals surface area contributed by atoms with Crippen LogP contribution in [0.5, 0.6) is 11.5 Å². The van der Waals surface area contributed by atoms with E-state index in [0.717, 1.165) is 29.4 Å². The smallest absolute Gasteiger partial charge is 0.309 e. The summed E-state index contributed by atoms with van der Waals surface area (Å²) in [6.45, 7) is 5.41. The predicted molar refractivity (Wildman–Crippen MR) is 136 cm³/mol. The fourth-order valence-electron chi connectivity index (χ4n) is 4.84. The lowest BCUT2D eigenvalue weighted by Crippen LogP contribution is -2.40. The normalized spacial score (nSPS) is 15.2. The molecule has 0 atom stereocenters. The number of nitrogens with zero attached hydrogens (tertiary/aromatic N) is 2. The molecule has 0 spiro atoms. The second kappa shape index (κ2) is 11.5. The Morgan fingerprint density at radius 3 is 2.46 bits per heavy atom. The van der Waals surface area contributed by atoms with Crippen LogP contribution in [0.2, 0.25) is 0 Å². The van der Waals surface area contributed by atoms with Gasteiger partial charge in [-0.05, 0) is 55.2 Å². The van der Waals surface area contributed by atoms with Crippen LogP contribution in [-0.2, 0) is 29.2 Å². The first-order valence-corrected chi connectivity index (χ1v) is 12.8. The molecular weight excluding hydrogens is 472 g/mol. The molecule has 1 aromatic heterocycles. The number of fused-ring (bicyclic) bond motifs is 1. The van der Waals surface area contributed by atoms with Gasteiger partial charge in [0, 0.05) is 26.2 Å². The average Bonchev–Trinajstić information content (AvgIpc) is 3.58. The number of ether oxygens (including phenoxy) is 3. The van der Waals surface area contributed by atoms with E-state index in [1.807, 2.05) is 42.5 Å². The summed E-state index contributed by atoms with van der Waals surface area (Å²) in [6.07, 6.45) is 1.22. The summed E-state index contributed by atoms with van der Waals surface area (Å²) in [5.74, 6) is 2.12. The molecule has 2 aliphatic heterocycles. The van der Waals surface area contributed by atoms with E-state index < -0.39 is 0 Å². The number of hydrogen-bond donors (Lipinski definition) is 0. The number of carbonyl (C=O) groups excluding carboxylic acids is 2. The van der Waals surface area contributed by atoms with Crippen LogP contribution in [0, 0.1) is 5.92 Å². The molecule has 194 valence electrons. The first-order valence-electron chi connectivity index (χ1n) is 12.8. The van der Waals surface area contributed by atoms with Crippen molar-refractivity contribution < 1.29 is 28.2 Å². The molecule has 0 radical (unpaired) electrons. The van der Waals surface area contributed by atoms with Crippen molar-refractivity contribution in [2.75, 3.05) is 26.5 Å². The molecule has 5 rings (SSSR count). The monoisotopic (exact) mass is 504 g/mol. The number of hydrogen-bond acceptors (Lipinski definition) is 7. The van der Waals surface area contributed by atoms with Crippen LogP contribution in [0.15, 0.2) is 65.1 Å². The number of piperidine rings is 1. The zero-order valence-corrected chi connectivity index (χ0v) is 21.1. The van der Waals surface area contributed by atoms with Crippen LogP contribution in [0.25, 0.3) is 0 Å². The molecule has 0 unspecified atom stereocenters. The van der Waals surface area contributed by atoms with Crippen molar-refractivity contribution >= 4 is 11.9 Å². The summed E-state index contributed by atoms with van der Waals surface area (Å²) in [7, 11) is 0. The Hall–Kier alpha value is -3.78. The Bertz CT molecular complexity index is 1220. The van der Waals surface area contributed by atoms with E-state index >= 15 is 0 Å². The molecule has 0 aliphatic carbocycles. The van der Waals surface area contributed by atoms with Gasteiger partial charge in [0.2, 0.25) is 6.79 Å². The minimum absolute atomic E-state index is 0.140. The van der Waals surface area contributed by atoms with Gasteiger partial charge in [-0.3, -0.25) is 14.5 Å². The van der Waals surface area contributed by atoms with Gasteiger partial charge in [-0.15, -0.1) is 0 Å². The minimum Gasteiger partial charge on any atom is -0.466 e. The Morgan fingerprint density at radius 2 is 1.68 bits per heavy atom. The fourth-order valence-corrected chi connectivity index (χ4v) is 4.84. The van der Waals surface area contributed by atoms with Crippen LogP contribution >= 0.6 is 0 Å². The van der Waals surface area contributed by atoms with Crippen molar-refractivity contribution in [1.29, 1.82) is 0 Å². The van der Waals surface area contributed by atoms with Gasteiger partial charge in [0.1, 0.15) is 5.76 Å². The van der Waals surface area contributed by atoms with Gasteiger partial charge in [0.05, 0.1) is 19.1 Å². The third kappa shape index (κ3) is 6.14. The Morgan fingerprint density at radius 1 is 0.919 bits per heavy atom. The molecule has 1 fully saturated rings. The standard InChI is InChI=1S/C29H32N2O6/c1-2-34-29(33)23-12-14-31(15-13-23)28(32)26-11-9-24(37-26)19-30(17-21-6-4-3-5-7-21)18-22-8-10-25-27(16-22)36-20-35-25/h3-11,16,23H,2,12-15,17-20H2,1H3. The number of likely N-dealkylation sites (tertiary alicyclic amines) is 1. The number of benzene rings is 2. The summed E-state index contributed by atoms with van der Waals surface area (Å²) in [6, 6.07) is 19.9. The number of amides is 1. The SMILES string of the molecule is CCOC(=O)C1CCN(C(=O)c2ccc(CN(Cc3ccccc3)Cc3ccc4c(c3)OCO4)o2)CC1. The molecule has 37 heavy (non-hydrogen) atoms. The van der Waals surface area contributed by atoms with E-state index in [9.17, 15) is 9.59 Å². The van der Waals surface area contributed by atoms with Crippen LogP contribution in [0.3, 0.4) is 0 Å². The summed E-state index contributed by atoms with van der Waals surface area (Å²) in [4.78, 5) is 29.1. The molecule has 0 N–H and O–H groups in total. The summed E-state index contributed by atoms with van der Waals surface area (Å²) in [5, 5.41) is 0. The maximum Gasteiger partial charge on any atom is 0.309 e. The molecule has 2 aromatic carbocycles. The summed E-state index contributed by atoms with van der Waals surface area (Å²) in [5.41, 5.74) is 2.29. The van der Waals surface area contributed by atoms with Crippen molar-refractivity contribution in [2.45, 2.75) is 39.4 Å². The van der Waals surface area contributed by atoms with Crippen molar-refractivity contribution in [3.63, 3.8) is 0 Å². The van der Waals surface area contributed by atoms with E-state index in [1.165, 1.54) is 5.56 Å². The van der Waals surface area contributed by atoms with Gasteiger partial charge in [0.15, 0.2) is 17.3 Å². The second-order valence-electron chi connectivity index (χ2n) is 9.40. The van der Waals surface area contributed by atoms with E-state index in [4.69, 9.17) is 18.6 Å². The molecule has 1 saturated heterocycles. The van der Waals surface area contributed by atoms with Gasteiger partial charge in [-0.2, -0.15) is 0 Å². The van der Waals surface area contributed by atoms with Crippen molar-refractivity contribution in [3.05, 3.63) is 83.3 Å². The van der Waals surface area contributed by atoms with Crippen LogP contribution in [0.4, 0.5) is 0 Å². The summed E-state index contributed by atoms with van der Waals surface area (Å²) >= 11 is 0. The quantitative estimate of drug-likeness (QED) is 0.393. The zero-order chi connectivity index (χ0) is 25.6. The first kappa shape index (κ1) is 24.9. The molecular formula is C29H32N2O6. The molecule has 3 heterocycles. The number of esters is 1. The maximum atomic E-state index is 13.1. The minimum atomic E-state index is -0.171. The lowest BCUT2D eigenvalue weighted by atomic mass is 9.97. The third-order valence-corrected chi connectivity index (χ3v) is 6.75. The highest BCUT2D eigenvalue weighted by atomic mass is 16.7. The molecule has 2 aliphatic rings.